The third-order valence-corrected chi connectivity index (χ3v) is 14.5. The molecule has 0 saturated carbocycles. The predicted octanol–water partition coefficient (Wildman–Crippen LogP) is 17.1. The fourth-order valence-corrected chi connectivity index (χ4v) is 11.6. The van der Waals surface area contributed by atoms with E-state index in [0.29, 0.717) is 0 Å². The van der Waals surface area contributed by atoms with Crippen LogP contribution < -0.4 is 4.90 Å². The molecule has 0 atom stereocenters. The van der Waals surface area contributed by atoms with Crippen molar-refractivity contribution in [3.63, 3.8) is 0 Å². The van der Waals surface area contributed by atoms with Crippen molar-refractivity contribution in [2.24, 2.45) is 0 Å². The number of fused-ring (bicyclic) bond motifs is 9. The Kier molecular flexibility index (Phi) is 8.34. The van der Waals surface area contributed by atoms with Crippen molar-refractivity contribution in [2.75, 3.05) is 4.90 Å². The maximum absolute atomic E-state index is 6.23. The first-order valence-corrected chi connectivity index (χ1v) is 22.7. The number of thiophene rings is 1. The first-order chi connectivity index (χ1) is 31.7. The lowest BCUT2D eigenvalue weighted by Crippen LogP contribution is -2.28. The third kappa shape index (κ3) is 5.64. The average molecular weight is 834 g/mol. The molecule has 0 saturated heterocycles. The predicted molar refractivity (Wildman–Crippen MR) is 269 cm³/mol. The van der Waals surface area contributed by atoms with Crippen molar-refractivity contribution in [3.8, 4) is 33.4 Å². The van der Waals surface area contributed by atoms with Crippen molar-refractivity contribution in [3.05, 3.63) is 259 Å². The molecular formula is C61H39NOS. The third-order valence-electron chi connectivity index (χ3n) is 13.3. The summed E-state index contributed by atoms with van der Waals surface area (Å²) in [5.41, 5.74) is 16.8. The van der Waals surface area contributed by atoms with Gasteiger partial charge in [0.2, 0.25) is 0 Å². The monoisotopic (exact) mass is 833 g/mol. The van der Waals surface area contributed by atoms with Crippen molar-refractivity contribution in [1.29, 1.82) is 0 Å². The molecule has 12 aromatic rings. The maximum Gasteiger partial charge on any atom is 0.135 e. The van der Waals surface area contributed by atoms with Gasteiger partial charge in [-0.25, -0.2) is 0 Å². The zero-order chi connectivity index (χ0) is 42.2. The summed E-state index contributed by atoms with van der Waals surface area (Å²) >= 11 is 1.86. The zero-order valence-corrected chi connectivity index (χ0v) is 35.6. The molecule has 0 fully saturated rings. The highest BCUT2D eigenvalue weighted by molar-refractivity contribution is 7.25. The number of rotatable bonds is 7. The van der Waals surface area contributed by atoms with E-state index in [0.717, 1.165) is 50.1 Å². The van der Waals surface area contributed by atoms with E-state index < -0.39 is 5.41 Å². The zero-order valence-electron chi connectivity index (χ0n) is 34.8. The first kappa shape index (κ1) is 36.7. The van der Waals surface area contributed by atoms with E-state index in [1.807, 2.05) is 23.5 Å². The molecule has 0 bridgehead atoms. The molecule has 2 nitrogen and oxygen atoms in total. The summed E-state index contributed by atoms with van der Waals surface area (Å²) in [5, 5.41) is 4.85. The molecule has 3 heteroatoms. The van der Waals surface area contributed by atoms with Gasteiger partial charge in [-0.1, -0.05) is 164 Å². The fourth-order valence-electron chi connectivity index (χ4n) is 10.5. The van der Waals surface area contributed by atoms with Crippen LogP contribution in [0.1, 0.15) is 22.3 Å². The maximum atomic E-state index is 6.23. The summed E-state index contributed by atoms with van der Waals surface area (Å²) in [4.78, 5) is 2.44. The number of nitrogens with zero attached hydrogens (tertiary/aromatic N) is 1. The van der Waals surface area contributed by atoms with Gasteiger partial charge in [0.25, 0.3) is 0 Å². The Morgan fingerprint density at radius 1 is 0.328 bits per heavy atom. The lowest BCUT2D eigenvalue weighted by atomic mass is 9.68. The number of hydrogen-bond acceptors (Lipinski definition) is 3. The number of benzene rings is 10. The number of anilines is 3. The number of para-hydroxylation sites is 1. The highest BCUT2D eigenvalue weighted by atomic mass is 32.1. The summed E-state index contributed by atoms with van der Waals surface area (Å²) < 4.78 is 8.86. The molecule has 0 amide bonds. The molecule has 2 heterocycles. The molecule has 1 aliphatic carbocycles. The van der Waals surface area contributed by atoms with Gasteiger partial charge in [-0.2, -0.15) is 0 Å². The van der Waals surface area contributed by atoms with E-state index in [1.165, 1.54) is 64.7 Å². The van der Waals surface area contributed by atoms with Crippen LogP contribution in [-0.2, 0) is 5.41 Å². The summed E-state index contributed by atoms with van der Waals surface area (Å²) in [6.07, 6.45) is 0. The quantitative estimate of drug-likeness (QED) is 0.159. The van der Waals surface area contributed by atoms with Gasteiger partial charge in [-0.3, -0.25) is 0 Å². The summed E-state index contributed by atoms with van der Waals surface area (Å²) in [6.45, 7) is 0. The Labute approximate surface area is 375 Å². The van der Waals surface area contributed by atoms with Crippen LogP contribution in [0.5, 0.6) is 0 Å². The van der Waals surface area contributed by atoms with Gasteiger partial charge in [0, 0.05) is 48.0 Å². The van der Waals surface area contributed by atoms with Gasteiger partial charge < -0.3 is 9.32 Å². The summed E-state index contributed by atoms with van der Waals surface area (Å²) in [6, 6.07) is 86.7. The summed E-state index contributed by atoms with van der Waals surface area (Å²) in [5.74, 6) is 0. The number of hydrogen-bond donors (Lipinski definition) is 0. The SMILES string of the molecule is c1ccc(C2(c3ccccc3)c3ccccc3-c3cc(N(c4cccc(-c5ccc6oc7ccccc7c6c5)c4)c4cccc(-c5ccc6sc7ccccc7c6c5)c4)ccc32)cc1. The normalized spacial score (nSPS) is 12.8. The molecule has 0 radical (unpaired) electrons. The van der Waals surface area contributed by atoms with Gasteiger partial charge in [-0.15, -0.1) is 11.3 Å². The van der Waals surface area contributed by atoms with E-state index in [1.54, 1.807) is 0 Å². The Hall–Kier alpha value is -7.98. The Morgan fingerprint density at radius 3 is 1.62 bits per heavy atom. The van der Waals surface area contributed by atoms with Crippen LogP contribution >= 0.6 is 11.3 Å². The van der Waals surface area contributed by atoms with Crippen LogP contribution in [0, 0.1) is 0 Å². The molecule has 2 aromatic heterocycles. The lowest BCUT2D eigenvalue weighted by molar-refractivity contribution is 0.669. The van der Waals surface area contributed by atoms with Crippen LogP contribution in [0.25, 0.3) is 75.5 Å². The second-order valence-electron chi connectivity index (χ2n) is 16.8. The molecule has 0 aliphatic heterocycles. The Balaban J connectivity index is 1.01. The van der Waals surface area contributed by atoms with Crippen molar-refractivity contribution in [1.82, 2.24) is 0 Å². The average Bonchev–Trinajstić information content (AvgIpc) is 4.03. The van der Waals surface area contributed by atoms with E-state index in [9.17, 15) is 0 Å². The van der Waals surface area contributed by atoms with E-state index in [4.69, 9.17) is 4.42 Å². The molecular weight excluding hydrogens is 795 g/mol. The van der Waals surface area contributed by atoms with Crippen LogP contribution in [0.4, 0.5) is 17.1 Å². The minimum atomic E-state index is -0.474. The van der Waals surface area contributed by atoms with E-state index in [2.05, 4.69) is 229 Å². The molecule has 0 N–H and O–H groups in total. The smallest absolute Gasteiger partial charge is 0.135 e. The second-order valence-corrected chi connectivity index (χ2v) is 17.9. The van der Waals surface area contributed by atoms with Gasteiger partial charge in [0.1, 0.15) is 11.2 Å². The topological polar surface area (TPSA) is 16.4 Å². The van der Waals surface area contributed by atoms with E-state index in [-0.39, 0.29) is 0 Å². The molecule has 13 rings (SSSR count). The highest BCUT2D eigenvalue weighted by Crippen LogP contribution is 2.57. The van der Waals surface area contributed by atoms with Gasteiger partial charge in [0.15, 0.2) is 0 Å². The minimum absolute atomic E-state index is 0.474. The highest BCUT2D eigenvalue weighted by Gasteiger charge is 2.46. The standard InChI is InChI=1S/C61H39NOS/c1-3-17-44(18-4-1)61(45-19-5-2-6-20-45)55-26-10-7-23-49(55)52-39-48(31-32-56(52)61)62(46-21-13-15-40(35-46)42-29-33-58-53(37-42)50-24-8-11-27-57(50)63-58)47-22-14-16-41(36-47)43-30-34-60-54(38-43)51-25-9-12-28-59(51)64-60/h1-39H. The largest absolute Gasteiger partial charge is 0.456 e. The van der Waals surface area contributed by atoms with Crippen LogP contribution in [0.15, 0.2) is 241 Å². The molecule has 10 aromatic carbocycles. The molecule has 0 spiro atoms. The van der Waals surface area contributed by atoms with Crippen LogP contribution in [0.2, 0.25) is 0 Å². The van der Waals surface area contributed by atoms with Crippen molar-refractivity contribution in [2.45, 2.75) is 5.41 Å². The van der Waals surface area contributed by atoms with Crippen LogP contribution in [0.3, 0.4) is 0 Å². The number of furan rings is 1. The van der Waals surface area contributed by atoms with Crippen molar-refractivity contribution < 1.29 is 4.42 Å². The lowest BCUT2D eigenvalue weighted by Gasteiger charge is -2.34. The Bertz CT molecular complexity index is 3550. The minimum Gasteiger partial charge on any atom is -0.456 e. The first-order valence-electron chi connectivity index (χ1n) is 21.9. The fraction of sp³-hybridized carbons (Fsp3) is 0.0164. The Morgan fingerprint density at radius 2 is 0.875 bits per heavy atom. The van der Waals surface area contributed by atoms with Gasteiger partial charge >= 0.3 is 0 Å². The molecule has 64 heavy (non-hydrogen) atoms. The van der Waals surface area contributed by atoms with Gasteiger partial charge in [-0.05, 0) is 128 Å². The van der Waals surface area contributed by atoms with Gasteiger partial charge in [0.05, 0.1) is 5.41 Å². The van der Waals surface area contributed by atoms with Crippen molar-refractivity contribution >= 4 is 70.5 Å². The summed E-state index contributed by atoms with van der Waals surface area (Å²) in [7, 11) is 0. The molecule has 1 aliphatic rings. The van der Waals surface area contributed by atoms with Crippen LogP contribution in [-0.4, -0.2) is 0 Å². The molecule has 300 valence electrons. The molecule has 0 unspecified atom stereocenters. The van der Waals surface area contributed by atoms with E-state index >= 15 is 0 Å². The second kappa shape index (κ2) is 14.6.